The molecule has 104 valence electrons. The lowest BCUT2D eigenvalue weighted by Crippen LogP contribution is -2.49. The van der Waals surface area contributed by atoms with Crippen LogP contribution in [0.4, 0.5) is 0 Å². The molecule has 0 aromatic carbocycles. The van der Waals surface area contributed by atoms with Crippen molar-refractivity contribution in [3.63, 3.8) is 0 Å². The molecule has 2 atom stereocenters. The Morgan fingerprint density at radius 3 is 1.59 bits per heavy atom. The summed E-state index contributed by atoms with van der Waals surface area (Å²) in [6, 6.07) is 0.989. The molecule has 0 fully saturated rings. The number of nitrogens with zero attached hydrogens (tertiary/aromatic N) is 1. The van der Waals surface area contributed by atoms with Gasteiger partial charge in [-0.1, -0.05) is 20.8 Å². The van der Waals surface area contributed by atoms with Crippen LogP contribution in [0.2, 0.25) is 0 Å². The molecule has 0 saturated heterocycles. The minimum absolute atomic E-state index is 0.0589. The third-order valence-electron chi connectivity index (χ3n) is 4.25. The zero-order valence-electron chi connectivity index (χ0n) is 12.2. The van der Waals surface area contributed by atoms with Gasteiger partial charge in [-0.15, -0.1) is 0 Å². The van der Waals surface area contributed by atoms with E-state index in [1.54, 1.807) is 0 Å². The highest BCUT2D eigenvalue weighted by atomic mass is 16.3. The molecule has 0 radical (unpaired) electrons. The maximum Gasteiger partial charge on any atom is 0.0521 e. The standard InChI is InChI=1S/C14H31NO2/c1-6-12(4)15(13(5)7-2)9-14(8-3,10-16)11-17/h12-13,16-17H,6-11H2,1-5H3. The van der Waals surface area contributed by atoms with E-state index in [9.17, 15) is 10.2 Å². The van der Waals surface area contributed by atoms with Gasteiger partial charge in [-0.25, -0.2) is 0 Å². The van der Waals surface area contributed by atoms with Gasteiger partial charge in [0.15, 0.2) is 0 Å². The van der Waals surface area contributed by atoms with E-state index in [0.717, 1.165) is 25.8 Å². The molecule has 0 amide bonds. The second-order valence-corrected chi connectivity index (χ2v) is 5.36. The Morgan fingerprint density at radius 1 is 0.941 bits per heavy atom. The van der Waals surface area contributed by atoms with Crippen LogP contribution in [-0.4, -0.2) is 47.0 Å². The first kappa shape index (κ1) is 16.9. The molecule has 0 aromatic heterocycles. The summed E-state index contributed by atoms with van der Waals surface area (Å²) in [6.45, 7) is 11.8. The molecular weight excluding hydrogens is 214 g/mol. The molecule has 2 N–H and O–H groups in total. The fourth-order valence-corrected chi connectivity index (χ4v) is 2.09. The number of hydrogen-bond donors (Lipinski definition) is 2. The minimum atomic E-state index is -0.354. The van der Waals surface area contributed by atoms with Gasteiger partial charge in [-0.05, 0) is 33.1 Å². The summed E-state index contributed by atoms with van der Waals surface area (Å²) in [7, 11) is 0. The van der Waals surface area contributed by atoms with E-state index in [1.807, 2.05) is 6.92 Å². The van der Waals surface area contributed by atoms with Gasteiger partial charge in [0.25, 0.3) is 0 Å². The Balaban J connectivity index is 4.82. The number of hydrogen-bond acceptors (Lipinski definition) is 3. The minimum Gasteiger partial charge on any atom is -0.396 e. The summed E-state index contributed by atoms with van der Waals surface area (Å²) < 4.78 is 0. The van der Waals surface area contributed by atoms with Crippen LogP contribution in [0.3, 0.4) is 0 Å². The molecule has 0 saturated carbocycles. The van der Waals surface area contributed by atoms with Gasteiger partial charge < -0.3 is 10.2 Å². The van der Waals surface area contributed by atoms with E-state index in [2.05, 4.69) is 32.6 Å². The first-order valence-electron chi connectivity index (χ1n) is 6.97. The van der Waals surface area contributed by atoms with Gasteiger partial charge in [-0.2, -0.15) is 0 Å². The van der Waals surface area contributed by atoms with Crippen molar-refractivity contribution < 1.29 is 10.2 Å². The second kappa shape index (κ2) is 8.06. The largest absolute Gasteiger partial charge is 0.396 e. The summed E-state index contributed by atoms with van der Waals surface area (Å²) in [4.78, 5) is 2.43. The molecule has 0 spiro atoms. The lowest BCUT2D eigenvalue weighted by atomic mass is 9.85. The summed E-state index contributed by atoms with van der Waals surface area (Å²) in [5, 5.41) is 19.1. The molecule has 0 heterocycles. The predicted octanol–water partition coefficient (Wildman–Crippen LogP) is 2.27. The quantitative estimate of drug-likeness (QED) is 0.655. The SMILES string of the molecule is CCC(C)N(CC(CC)(CO)CO)C(C)CC. The van der Waals surface area contributed by atoms with Crippen LogP contribution in [-0.2, 0) is 0 Å². The van der Waals surface area contributed by atoms with Crippen molar-refractivity contribution in [1.82, 2.24) is 4.90 Å². The van der Waals surface area contributed by atoms with Gasteiger partial charge >= 0.3 is 0 Å². The molecule has 0 aromatic rings. The van der Waals surface area contributed by atoms with E-state index in [-0.39, 0.29) is 18.6 Å². The monoisotopic (exact) mass is 245 g/mol. The summed E-state index contributed by atoms with van der Waals surface area (Å²) in [5.74, 6) is 0. The summed E-state index contributed by atoms with van der Waals surface area (Å²) in [6.07, 6.45) is 3.01. The van der Waals surface area contributed by atoms with E-state index < -0.39 is 0 Å². The number of aliphatic hydroxyl groups excluding tert-OH is 2. The molecule has 3 heteroatoms. The van der Waals surface area contributed by atoms with Crippen molar-refractivity contribution in [3.05, 3.63) is 0 Å². The van der Waals surface area contributed by atoms with Gasteiger partial charge in [0.1, 0.15) is 0 Å². The molecule has 3 nitrogen and oxygen atoms in total. The molecule has 2 unspecified atom stereocenters. The summed E-state index contributed by atoms with van der Waals surface area (Å²) >= 11 is 0. The highest BCUT2D eigenvalue weighted by Crippen LogP contribution is 2.25. The van der Waals surface area contributed by atoms with Crippen LogP contribution >= 0.6 is 0 Å². The van der Waals surface area contributed by atoms with E-state index >= 15 is 0 Å². The smallest absolute Gasteiger partial charge is 0.0521 e. The topological polar surface area (TPSA) is 43.7 Å². The van der Waals surface area contributed by atoms with E-state index in [1.165, 1.54) is 0 Å². The van der Waals surface area contributed by atoms with Crippen LogP contribution < -0.4 is 0 Å². The highest BCUT2D eigenvalue weighted by molar-refractivity contribution is 4.84. The Kier molecular flexibility index (Phi) is 8.01. The number of rotatable bonds is 9. The van der Waals surface area contributed by atoms with Crippen LogP contribution in [0, 0.1) is 5.41 Å². The average Bonchev–Trinajstić information content (AvgIpc) is 2.39. The molecule has 0 aliphatic heterocycles. The van der Waals surface area contributed by atoms with Crippen molar-refractivity contribution in [1.29, 1.82) is 0 Å². The van der Waals surface area contributed by atoms with E-state index in [0.29, 0.717) is 12.1 Å². The van der Waals surface area contributed by atoms with Crippen molar-refractivity contribution in [3.8, 4) is 0 Å². The van der Waals surface area contributed by atoms with Crippen molar-refractivity contribution in [2.75, 3.05) is 19.8 Å². The Bertz CT molecular complexity index is 174. The van der Waals surface area contributed by atoms with Crippen LogP contribution in [0.15, 0.2) is 0 Å². The predicted molar refractivity (Wildman–Crippen MR) is 73.1 cm³/mol. The lowest BCUT2D eigenvalue weighted by molar-refractivity contribution is -0.00570. The Morgan fingerprint density at radius 2 is 1.35 bits per heavy atom. The molecule has 0 bridgehead atoms. The van der Waals surface area contributed by atoms with Crippen LogP contribution in [0.25, 0.3) is 0 Å². The number of aliphatic hydroxyl groups is 2. The molecular formula is C14H31NO2. The molecule has 0 rings (SSSR count). The van der Waals surface area contributed by atoms with Crippen molar-refractivity contribution in [2.45, 2.75) is 66.0 Å². The van der Waals surface area contributed by atoms with Gasteiger partial charge in [0, 0.05) is 24.0 Å². The van der Waals surface area contributed by atoms with E-state index in [4.69, 9.17) is 0 Å². The third kappa shape index (κ3) is 4.57. The molecule has 0 aliphatic carbocycles. The maximum absolute atomic E-state index is 9.55. The summed E-state index contributed by atoms with van der Waals surface area (Å²) in [5.41, 5.74) is -0.354. The van der Waals surface area contributed by atoms with Crippen molar-refractivity contribution in [2.24, 2.45) is 5.41 Å². The first-order chi connectivity index (χ1) is 8.00. The third-order valence-corrected chi connectivity index (χ3v) is 4.25. The Hall–Kier alpha value is -0.120. The first-order valence-corrected chi connectivity index (χ1v) is 6.97. The zero-order valence-corrected chi connectivity index (χ0v) is 12.2. The normalized spacial score (nSPS) is 16.2. The van der Waals surface area contributed by atoms with Crippen molar-refractivity contribution >= 4 is 0 Å². The fourth-order valence-electron chi connectivity index (χ4n) is 2.09. The van der Waals surface area contributed by atoms with Gasteiger partial charge in [0.05, 0.1) is 13.2 Å². The van der Waals surface area contributed by atoms with Crippen LogP contribution in [0.5, 0.6) is 0 Å². The fraction of sp³-hybridized carbons (Fsp3) is 1.00. The molecule has 0 aliphatic rings. The maximum atomic E-state index is 9.55. The molecule has 17 heavy (non-hydrogen) atoms. The van der Waals surface area contributed by atoms with Gasteiger partial charge in [-0.3, -0.25) is 4.90 Å². The average molecular weight is 245 g/mol. The highest BCUT2D eigenvalue weighted by Gasteiger charge is 2.32. The van der Waals surface area contributed by atoms with Gasteiger partial charge in [0.2, 0.25) is 0 Å². The lowest BCUT2D eigenvalue weighted by Gasteiger charge is -2.41. The Labute approximate surface area is 107 Å². The van der Waals surface area contributed by atoms with Crippen LogP contribution in [0.1, 0.15) is 53.9 Å². The second-order valence-electron chi connectivity index (χ2n) is 5.36. The zero-order chi connectivity index (χ0) is 13.5.